The molecule has 5 nitrogen and oxygen atoms in total. The van der Waals surface area contributed by atoms with E-state index < -0.39 is 0 Å². The second-order valence-corrected chi connectivity index (χ2v) is 6.40. The molecule has 1 saturated heterocycles. The Morgan fingerprint density at radius 1 is 1.32 bits per heavy atom. The minimum Gasteiger partial charge on any atom is -0.379 e. The van der Waals surface area contributed by atoms with Crippen LogP contribution >= 0.6 is 35.6 Å². The number of aliphatic imine (C=N–C) groups is 1. The molecule has 1 aliphatic heterocycles. The summed E-state index contributed by atoms with van der Waals surface area (Å²) in [6.45, 7) is 9.38. The number of morpholine rings is 1. The van der Waals surface area contributed by atoms with E-state index in [1.54, 1.807) is 0 Å². The third kappa shape index (κ3) is 8.11. The van der Waals surface area contributed by atoms with Gasteiger partial charge in [-0.2, -0.15) is 0 Å². The highest BCUT2D eigenvalue weighted by Crippen LogP contribution is 2.16. The Morgan fingerprint density at radius 2 is 2.04 bits per heavy atom. The van der Waals surface area contributed by atoms with Crippen LogP contribution in [0.2, 0.25) is 5.02 Å². The van der Waals surface area contributed by atoms with Crippen LogP contribution in [0, 0.1) is 0 Å². The predicted molar refractivity (Wildman–Crippen MR) is 116 cm³/mol. The van der Waals surface area contributed by atoms with Crippen molar-refractivity contribution >= 4 is 41.5 Å². The molecule has 0 amide bonds. The van der Waals surface area contributed by atoms with Gasteiger partial charge in [0.25, 0.3) is 0 Å². The van der Waals surface area contributed by atoms with Crippen LogP contribution < -0.4 is 5.32 Å². The summed E-state index contributed by atoms with van der Waals surface area (Å²) >= 11 is 6.26. The van der Waals surface area contributed by atoms with Crippen LogP contribution in [-0.2, 0) is 11.3 Å². The fourth-order valence-corrected chi connectivity index (χ4v) is 2.93. The van der Waals surface area contributed by atoms with E-state index in [0.29, 0.717) is 0 Å². The van der Waals surface area contributed by atoms with Crippen molar-refractivity contribution in [3.8, 4) is 0 Å². The van der Waals surface area contributed by atoms with E-state index in [2.05, 4.69) is 28.1 Å². The fraction of sp³-hybridized carbons (Fsp3) is 0.611. The lowest BCUT2D eigenvalue weighted by atomic mass is 10.2. The molecule has 1 fully saturated rings. The first-order valence-corrected chi connectivity index (χ1v) is 9.11. The molecule has 0 spiro atoms. The van der Waals surface area contributed by atoms with Crippen molar-refractivity contribution in [3.05, 3.63) is 34.9 Å². The molecule has 0 saturated carbocycles. The number of halogens is 2. The van der Waals surface area contributed by atoms with E-state index >= 15 is 0 Å². The third-order valence-electron chi connectivity index (χ3n) is 4.06. The molecule has 0 aliphatic carbocycles. The molecule has 142 valence electrons. The quantitative estimate of drug-likeness (QED) is 0.282. The first-order chi connectivity index (χ1) is 11.7. The summed E-state index contributed by atoms with van der Waals surface area (Å²) < 4.78 is 5.38. The molecule has 0 bridgehead atoms. The van der Waals surface area contributed by atoms with Crippen molar-refractivity contribution < 1.29 is 4.74 Å². The standard InChI is InChI=1S/C18H29ClN4O.HI/c1-3-20-18(21-9-6-10-23-11-13-24-14-12-23)22(2)15-16-7-4-5-8-17(16)19;/h4-5,7-8H,3,6,9-15H2,1-2H3,(H,20,21);1H. The summed E-state index contributed by atoms with van der Waals surface area (Å²) in [7, 11) is 2.05. The van der Waals surface area contributed by atoms with Gasteiger partial charge in [0, 0.05) is 51.3 Å². The van der Waals surface area contributed by atoms with Gasteiger partial charge in [0.2, 0.25) is 0 Å². The Morgan fingerprint density at radius 3 is 2.72 bits per heavy atom. The van der Waals surface area contributed by atoms with E-state index in [1.807, 2.05) is 25.2 Å². The lowest BCUT2D eigenvalue weighted by Gasteiger charge is -2.26. The van der Waals surface area contributed by atoms with E-state index in [4.69, 9.17) is 21.3 Å². The number of ether oxygens (including phenoxy) is 1. The first kappa shape index (κ1) is 22.5. The second-order valence-electron chi connectivity index (χ2n) is 5.99. The Labute approximate surface area is 173 Å². The Hall–Kier alpha value is -0.570. The second kappa shape index (κ2) is 12.7. The first-order valence-electron chi connectivity index (χ1n) is 8.73. The molecule has 0 unspecified atom stereocenters. The van der Waals surface area contributed by atoms with Crippen molar-refractivity contribution in [3.63, 3.8) is 0 Å². The topological polar surface area (TPSA) is 40.1 Å². The van der Waals surface area contributed by atoms with Gasteiger partial charge >= 0.3 is 0 Å². The summed E-state index contributed by atoms with van der Waals surface area (Å²) in [5.74, 6) is 0.930. The SMILES string of the molecule is CCNC(=NCCCN1CCOCC1)N(C)Cc1ccccc1Cl.I. The Kier molecular flexibility index (Phi) is 11.4. The van der Waals surface area contributed by atoms with Crippen LogP contribution in [0.4, 0.5) is 0 Å². The number of hydrogen-bond donors (Lipinski definition) is 1. The van der Waals surface area contributed by atoms with Crippen molar-refractivity contribution in [2.24, 2.45) is 4.99 Å². The van der Waals surface area contributed by atoms with Gasteiger partial charge in [0.05, 0.1) is 13.2 Å². The summed E-state index contributed by atoms with van der Waals surface area (Å²) in [5, 5.41) is 4.16. The summed E-state index contributed by atoms with van der Waals surface area (Å²) in [6, 6.07) is 7.95. The lowest BCUT2D eigenvalue weighted by molar-refractivity contribution is 0.0377. The molecular formula is C18H30ClIN4O. The summed E-state index contributed by atoms with van der Waals surface area (Å²) in [4.78, 5) is 9.32. The van der Waals surface area contributed by atoms with Gasteiger partial charge in [-0.1, -0.05) is 29.8 Å². The van der Waals surface area contributed by atoms with Crippen molar-refractivity contribution in [2.75, 3.05) is 53.0 Å². The van der Waals surface area contributed by atoms with Gasteiger partial charge in [0.1, 0.15) is 0 Å². The zero-order valence-electron chi connectivity index (χ0n) is 15.2. The number of nitrogens with one attached hydrogen (secondary N) is 1. The number of rotatable bonds is 7. The number of hydrogen-bond acceptors (Lipinski definition) is 3. The molecule has 25 heavy (non-hydrogen) atoms. The molecule has 0 radical (unpaired) electrons. The average molecular weight is 481 g/mol. The maximum Gasteiger partial charge on any atom is 0.193 e. The normalized spacial score (nSPS) is 15.6. The highest BCUT2D eigenvalue weighted by Gasteiger charge is 2.10. The minimum absolute atomic E-state index is 0. The Balaban J connectivity index is 0.00000312. The zero-order chi connectivity index (χ0) is 17.2. The van der Waals surface area contributed by atoms with Gasteiger partial charge in [-0.15, -0.1) is 24.0 Å². The zero-order valence-corrected chi connectivity index (χ0v) is 18.3. The maximum absolute atomic E-state index is 6.26. The van der Waals surface area contributed by atoms with E-state index in [1.165, 1.54) is 0 Å². The molecule has 1 N–H and O–H groups in total. The highest BCUT2D eigenvalue weighted by atomic mass is 127. The van der Waals surface area contributed by atoms with Gasteiger partial charge < -0.3 is 15.0 Å². The average Bonchev–Trinajstić information content (AvgIpc) is 2.60. The van der Waals surface area contributed by atoms with E-state index in [9.17, 15) is 0 Å². The molecule has 1 aromatic rings. The van der Waals surface area contributed by atoms with Crippen molar-refractivity contribution in [1.82, 2.24) is 15.1 Å². The molecule has 7 heteroatoms. The Bertz CT molecular complexity index is 524. The van der Waals surface area contributed by atoms with Crippen LogP contribution in [-0.4, -0.2) is 68.7 Å². The van der Waals surface area contributed by atoms with E-state index in [0.717, 1.165) is 75.4 Å². The van der Waals surface area contributed by atoms with Gasteiger partial charge in [-0.25, -0.2) is 0 Å². The summed E-state index contributed by atoms with van der Waals surface area (Å²) in [6.07, 6.45) is 1.06. The number of guanidine groups is 1. The van der Waals surface area contributed by atoms with Gasteiger partial charge in [-0.05, 0) is 25.0 Å². The molecule has 1 heterocycles. The molecule has 2 rings (SSSR count). The van der Waals surface area contributed by atoms with Crippen LogP contribution in [0.25, 0.3) is 0 Å². The minimum atomic E-state index is 0. The van der Waals surface area contributed by atoms with Crippen molar-refractivity contribution in [2.45, 2.75) is 19.9 Å². The third-order valence-corrected chi connectivity index (χ3v) is 4.43. The fourth-order valence-electron chi connectivity index (χ4n) is 2.73. The smallest absolute Gasteiger partial charge is 0.193 e. The molecule has 0 aromatic heterocycles. The molecular weight excluding hydrogens is 451 g/mol. The molecule has 1 aliphatic rings. The van der Waals surface area contributed by atoms with Gasteiger partial charge in [0.15, 0.2) is 5.96 Å². The van der Waals surface area contributed by atoms with Gasteiger partial charge in [-0.3, -0.25) is 9.89 Å². The largest absolute Gasteiger partial charge is 0.379 e. The molecule has 1 aromatic carbocycles. The number of benzene rings is 1. The summed E-state index contributed by atoms with van der Waals surface area (Å²) in [5.41, 5.74) is 1.11. The maximum atomic E-state index is 6.26. The predicted octanol–water partition coefficient (Wildman–Crippen LogP) is 3.08. The highest BCUT2D eigenvalue weighted by molar-refractivity contribution is 14.0. The van der Waals surface area contributed by atoms with Crippen LogP contribution in [0.5, 0.6) is 0 Å². The van der Waals surface area contributed by atoms with Crippen LogP contribution in [0.1, 0.15) is 18.9 Å². The van der Waals surface area contributed by atoms with Crippen LogP contribution in [0.15, 0.2) is 29.3 Å². The van der Waals surface area contributed by atoms with Crippen LogP contribution in [0.3, 0.4) is 0 Å². The number of nitrogens with zero attached hydrogens (tertiary/aromatic N) is 3. The van der Waals surface area contributed by atoms with Crippen molar-refractivity contribution in [1.29, 1.82) is 0 Å². The lowest BCUT2D eigenvalue weighted by Crippen LogP contribution is -2.39. The monoisotopic (exact) mass is 480 g/mol. The van der Waals surface area contributed by atoms with E-state index in [-0.39, 0.29) is 24.0 Å². The molecule has 0 atom stereocenters.